The van der Waals surface area contributed by atoms with Gasteiger partial charge in [-0.1, -0.05) is 29.4 Å². The second kappa shape index (κ2) is 8.93. The maximum Gasteiger partial charge on any atom is 0.234 e. The maximum atomic E-state index is 13.1. The van der Waals surface area contributed by atoms with Crippen molar-refractivity contribution in [1.82, 2.24) is 4.98 Å². The number of nitrogen functional groups attached to an aromatic ring is 1. The number of nitrogens with zero attached hydrogens (tertiary/aromatic N) is 3. The topological polar surface area (TPSA) is 116 Å². The van der Waals surface area contributed by atoms with Gasteiger partial charge in [-0.05, 0) is 29.6 Å². The van der Waals surface area contributed by atoms with Crippen LogP contribution in [0, 0.1) is 28.5 Å². The van der Waals surface area contributed by atoms with E-state index in [2.05, 4.69) is 16.4 Å². The molecule has 1 aromatic carbocycles. The Morgan fingerprint density at radius 3 is 2.69 bits per heavy atom. The van der Waals surface area contributed by atoms with Crippen molar-refractivity contribution in [3.05, 3.63) is 57.7 Å². The first-order chi connectivity index (χ1) is 13.9. The highest BCUT2D eigenvalue weighted by atomic mass is 35.5. The lowest BCUT2D eigenvalue weighted by atomic mass is 10.0. The largest absolute Gasteiger partial charge is 0.383 e. The molecule has 3 rings (SSSR count). The first kappa shape index (κ1) is 20.6. The number of nitrogens with two attached hydrogens (primary N) is 1. The summed E-state index contributed by atoms with van der Waals surface area (Å²) in [7, 11) is 0. The van der Waals surface area contributed by atoms with E-state index in [4.69, 9.17) is 17.3 Å². The van der Waals surface area contributed by atoms with Crippen molar-refractivity contribution in [3.63, 3.8) is 0 Å². The minimum absolute atomic E-state index is 0.0145. The Bertz CT molecular complexity index is 1170. The predicted molar refractivity (Wildman–Crippen MR) is 112 cm³/mol. The first-order valence-electron chi connectivity index (χ1n) is 7.99. The zero-order valence-electron chi connectivity index (χ0n) is 14.6. The minimum atomic E-state index is -0.514. The highest BCUT2D eigenvalue weighted by molar-refractivity contribution is 8.00. The number of benzene rings is 1. The standard InChI is InChI=1S/C19H11ClFN5OS2/c20-13-6-10(21)3-4-14(13)25-16(27)9-29-19-12(8-23)17(15-2-1-5-28-15)11(7-22)18(24)26-19/h1-6H,9H2,(H2,24,26)(H,25,27). The number of thiophene rings is 1. The highest BCUT2D eigenvalue weighted by Crippen LogP contribution is 2.37. The molecule has 0 aliphatic rings. The Morgan fingerprint density at radius 1 is 1.31 bits per heavy atom. The first-order valence-corrected chi connectivity index (χ1v) is 10.2. The molecule has 0 bridgehead atoms. The van der Waals surface area contributed by atoms with Gasteiger partial charge in [-0.2, -0.15) is 10.5 Å². The molecule has 6 nitrogen and oxygen atoms in total. The van der Waals surface area contributed by atoms with Gasteiger partial charge in [0.25, 0.3) is 0 Å². The third kappa shape index (κ3) is 4.49. The molecule has 0 aliphatic carbocycles. The Kier molecular flexibility index (Phi) is 6.35. The zero-order chi connectivity index (χ0) is 21.0. The normalized spacial score (nSPS) is 10.2. The van der Waals surface area contributed by atoms with Gasteiger partial charge >= 0.3 is 0 Å². The lowest BCUT2D eigenvalue weighted by Crippen LogP contribution is -2.15. The average Bonchev–Trinajstić information content (AvgIpc) is 3.22. The number of nitriles is 2. The van der Waals surface area contributed by atoms with Crippen LogP contribution >= 0.6 is 34.7 Å². The molecule has 0 atom stereocenters. The third-order valence-corrected chi connectivity index (χ3v) is 5.90. The van der Waals surface area contributed by atoms with Crippen LogP contribution in [-0.4, -0.2) is 16.6 Å². The van der Waals surface area contributed by atoms with Crippen LogP contribution in [0.4, 0.5) is 15.9 Å². The van der Waals surface area contributed by atoms with Crippen LogP contribution in [0.15, 0.2) is 40.7 Å². The van der Waals surface area contributed by atoms with Gasteiger partial charge in [0, 0.05) is 10.4 Å². The van der Waals surface area contributed by atoms with Crippen LogP contribution in [0.25, 0.3) is 10.4 Å². The summed E-state index contributed by atoms with van der Waals surface area (Å²) in [6.07, 6.45) is 0. The van der Waals surface area contributed by atoms with Gasteiger partial charge in [-0.25, -0.2) is 9.37 Å². The van der Waals surface area contributed by atoms with Gasteiger partial charge in [0.2, 0.25) is 5.91 Å². The molecule has 29 heavy (non-hydrogen) atoms. The molecule has 0 fully saturated rings. The van der Waals surface area contributed by atoms with Crippen molar-refractivity contribution in [1.29, 1.82) is 10.5 Å². The number of aromatic nitrogens is 1. The number of pyridine rings is 1. The number of thioether (sulfide) groups is 1. The van der Waals surface area contributed by atoms with Crippen molar-refractivity contribution < 1.29 is 9.18 Å². The van der Waals surface area contributed by atoms with E-state index in [1.165, 1.54) is 23.5 Å². The van der Waals surface area contributed by atoms with Crippen molar-refractivity contribution in [2.45, 2.75) is 5.03 Å². The lowest BCUT2D eigenvalue weighted by Gasteiger charge is -2.12. The quantitative estimate of drug-likeness (QED) is 0.554. The van der Waals surface area contributed by atoms with Gasteiger partial charge in [0.15, 0.2) is 0 Å². The van der Waals surface area contributed by atoms with Crippen LogP contribution in [0.5, 0.6) is 0 Å². The fraction of sp³-hybridized carbons (Fsp3) is 0.0526. The molecule has 0 saturated heterocycles. The smallest absolute Gasteiger partial charge is 0.234 e. The number of carbonyl (C=O) groups is 1. The van der Waals surface area contributed by atoms with E-state index in [0.29, 0.717) is 10.4 Å². The van der Waals surface area contributed by atoms with E-state index in [1.807, 2.05) is 11.4 Å². The number of amides is 1. The molecule has 0 aliphatic heterocycles. The fourth-order valence-corrected chi connectivity index (χ4v) is 4.27. The van der Waals surface area contributed by atoms with Crippen molar-refractivity contribution in [2.24, 2.45) is 0 Å². The summed E-state index contributed by atoms with van der Waals surface area (Å²) in [6.45, 7) is 0. The van der Waals surface area contributed by atoms with Gasteiger partial charge in [-0.15, -0.1) is 11.3 Å². The molecule has 0 spiro atoms. The molecular weight excluding hydrogens is 433 g/mol. The van der Waals surface area contributed by atoms with E-state index in [9.17, 15) is 19.7 Å². The summed E-state index contributed by atoms with van der Waals surface area (Å²) in [5.74, 6) is -1.04. The summed E-state index contributed by atoms with van der Waals surface area (Å²) < 4.78 is 13.1. The molecule has 0 unspecified atom stereocenters. The number of hydrogen-bond donors (Lipinski definition) is 2. The van der Waals surface area contributed by atoms with E-state index in [1.54, 1.807) is 12.1 Å². The molecule has 144 valence electrons. The fourth-order valence-electron chi connectivity index (χ4n) is 2.48. The second-order valence-corrected chi connectivity index (χ2v) is 7.91. The summed E-state index contributed by atoms with van der Waals surface area (Å²) in [5, 5.41) is 23.8. The van der Waals surface area contributed by atoms with Gasteiger partial charge in [-0.3, -0.25) is 4.79 Å². The molecule has 1 amide bonds. The summed E-state index contributed by atoms with van der Waals surface area (Å²) in [6, 6.07) is 11.3. The van der Waals surface area contributed by atoms with Crippen LogP contribution in [0.1, 0.15) is 11.1 Å². The monoisotopic (exact) mass is 443 g/mol. The molecular formula is C19H11ClFN5OS2. The van der Waals surface area contributed by atoms with Crippen molar-refractivity contribution in [2.75, 3.05) is 16.8 Å². The number of carbonyl (C=O) groups excluding carboxylic acids is 1. The number of rotatable bonds is 5. The van der Waals surface area contributed by atoms with Crippen LogP contribution in [0.3, 0.4) is 0 Å². The third-order valence-electron chi connectivity index (χ3n) is 3.73. The highest BCUT2D eigenvalue weighted by Gasteiger charge is 2.21. The van der Waals surface area contributed by atoms with Gasteiger partial charge < -0.3 is 11.1 Å². The van der Waals surface area contributed by atoms with E-state index < -0.39 is 11.7 Å². The van der Waals surface area contributed by atoms with Crippen molar-refractivity contribution in [3.8, 4) is 22.6 Å². The average molecular weight is 444 g/mol. The Morgan fingerprint density at radius 2 is 2.07 bits per heavy atom. The van der Waals surface area contributed by atoms with Crippen LogP contribution in [-0.2, 0) is 4.79 Å². The molecule has 0 saturated carbocycles. The minimum Gasteiger partial charge on any atom is -0.383 e. The molecule has 3 aromatic rings. The summed E-state index contributed by atoms with van der Waals surface area (Å²) in [4.78, 5) is 17.1. The Balaban J connectivity index is 1.87. The SMILES string of the molecule is N#Cc1c(N)nc(SCC(=O)Nc2ccc(F)cc2Cl)c(C#N)c1-c1cccs1. The Labute approximate surface area is 178 Å². The second-order valence-electron chi connectivity index (χ2n) is 5.59. The van der Waals surface area contributed by atoms with Gasteiger partial charge in [0.1, 0.15) is 34.4 Å². The van der Waals surface area contributed by atoms with Crippen LogP contribution < -0.4 is 11.1 Å². The van der Waals surface area contributed by atoms with Crippen molar-refractivity contribution >= 4 is 52.1 Å². The number of hydrogen-bond acceptors (Lipinski definition) is 7. The summed E-state index contributed by atoms with van der Waals surface area (Å²) >= 11 is 8.27. The molecule has 2 aromatic heterocycles. The lowest BCUT2D eigenvalue weighted by molar-refractivity contribution is -0.113. The van der Waals surface area contributed by atoms with E-state index in [0.717, 1.165) is 17.8 Å². The number of nitrogens with one attached hydrogen (secondary N) is 1. The molecule has 0 radical (unpaired) electrons. The Hall–Kier alpha value is -3.11. The van der Waals surface area contributed by atoms with Gasteiger partial charge in [0.05, 0.1) is 22.0 Å². The number of halogens is 2. The van der Waals surface area contributed by atoms with E-state index >= 15 is 0 Å². The zero-order valence-corrected chi connectivity index (χ0v) is 17.0. The molecule has 3 N–H and O–H groups in total. The summed E-state index contributed by atoms with van der Waals surface area (Å²) in [5.41, 5.74) is 6.89. The maximum absolute atomic E-state index is 13.1. The number of anilines is 2. The van der Waals surface area contributed by atoms with E-state index in [-0.39, 0.29) is 38.4 Å². The van der Waals surface area contributed by atoms with Crippen LogP contribution in [0.2, 0.25) is 5.02 Å². The molecule has 2 heterocycles. The predicted octanol–water partition coefficient (Wildman–Crippen LogP) is 4.66. The molecule has 10 heteroatoms.